The van der Waals surface area contributed by atoms with Gasteiger partial charge in [0, 0.05) is 12.0 Å². The van der Waals surface area contributed by atoms with Gasteiger partial charge < -0.3 is 19.9 Å². The molecule has 0 fully saturated rings. The normalized spacial score (nSPS) is 11.4. The van der Waals surface area contributed by atoms with E-state index < -0.39 is 17.9 Å². The maximum absolute atomic E-state index is 12.3. The van der Waals surface area contributed by atoms with E-state index in [2.05, 4.69) is 5.32 Å². The molecule has 0 aliphatic carbocycles. The number of hydrogen-bond acceptors (Lipinski definition) is 5. The van der Waals surface area contributed by atoms with Crippen LogP contribution in [0.2, 0.25) is 0 Å². The van der Waals surface area contributed by atoms with Gasteiger partial charge in [0.25, 0.3) is 5.91 Å². The van der Waals surface area contributed by atoms with Crippen molar-refractivity contribution in [2.45, 2.75) is 12.5 Å². The van der Waals surface area contributed by atoms with E-state index >= 15 is 0 Å². The van der Waals surface area contributed by atoms with E-state index in [1.54, 1.807) is 19.2 Å². The Hall–Kier alpha value is -3.02. The summed E-state index contributed by atoms with van der Waals surface area (Å²) < 4.78 is 9.93. The maximum Gasteiger partial charge on any atom is 0.328 e. The molecule has 0 aliphatic heterocycles. The highest BCUT2D eigenvalue weighted by Gasteiger charge is 2.22. The van der Waals surface area contributed by atoms with Crippen molar-refractivity contribution in [2.75, 3.05) is 14.2 Å². The summed E-state index contributed by atoms with van der Waals surface area (Å²) in [4.78, 5) is 24.3. The number of carbonyl (C=O) groups is 2. The van der Waals surface area contributed by atoms with E-state index in [0.717, 1.165) is 5.56 Å². The molecule has 1 atom stereocenters. The minimum absolute atomic E-state index is 0.0625. The molecule has 6 heteroatoms. The molecule has 2 N–H and O–H groups in total. The maximum atomic E-state index is 12.3. The van der Waals surface area contributed by atoms with Gasteiger partial charge in [-0.3, -0.25) is 4.79 Å². The number of aromatic hydroxyl groups is 1. The first-order valence-electron chi connectivity index (χ1n) is 7.34. The highest BCUT2D eigenvalue weighted by atomic mass is 16.5. The van der Waals surface area contributed by atoms with Crippen molar-refractivity contribution in [2.24, 2.45) is 0 Å². The third-order valence-electron chi connectivity index (χ3n) is 3.49. The van der Waals surface area contributed by atoms with E-state index in [1.807, 2.05) is 12.1 Å². The summed E-state index contributed by atoms with van der Waals surface area (Å²) in [5.41, 5.74) is 1.17. The SMILES string of the molecule is COC(=O)[C@H](Cc1cccc(OC)c1)NC(=O)c1ccc(O)cc1. The average molecular weight is 329 g/mol. The third-order valence-corrected chi connectivity index (χ3v) is 3.49. The van der Waals surface area contributed by atoms with E-state index in [4.69, 9.17) is 9.47 Å². The second kappa shape index (κ2) is 8.01. The van der Waals surface area contributed by atoms with Gasteiger partial charge in [0.1, 0.15) is 17.5 Å². The smallest absolute Gasteiger partial charge is 0.328 e. The summed E-state index contributed by atoms with van der Waals surface area (Å²) in [6, 6.07) is 12.2. The molecule has 0 aromatic heterocycles. The predicted octanol–water partition coefficient (Wildman–Crippen LogP) is 1.91. The second-order valence-electron chi connectivity index (χ2n) is 5.15. The van der Waals surface area contributed by atoms with Crippen molar-refractivity contribution in [1.29, 1.82) is 0 Å². The quantitative estimate of drug-likeness (QED) is 0.791. The first kappa shape index (κ1) is 17.3. The van der Waals surface area contributed by atoms with Gasteiger partial charge in [0.05, 0.1) is 14.2 Å². The monoisotopic (exact) mass is 329 g/mol. The summed E-state index contributed by atoms with van der Waals surface area (Å²) in [5, 5.41) is 11.9. The van der Waals surface area contributed by atoms with Crippen LogP contribution in [-0.2, 0) is 16.0 Å². The van der Waals surface area contributed by atoms with Crippen LogP contribution in [-0.4, -0.2) is 37.2 Å². The Balaban J connectivity index is 2.14. The Kier molecular flexibility index (Phi) is 5.78. The van der Waals surface area contributed by atoms with E-state index in [1.165, 1.54) is 31.4 Å². The molecule has 0 saturated heterocycles. The molecular weight excluding hydrogens is 310 g/mol. The number of phenols is 1. The lowest BCUT2D eigenvalue weighted by Gasteiger charge is -2.17. The van der Waals surface area contributed by atoms with Crippen LogP contribution in [0.3, 0.4) is 0 Å². The van der Waals surface area contributed by atoms with E-state index in [0.29, 0.717) is 11.3 Å². The van der Waals surface area contributed by atoms with Crippen LogP contribution in [0.4, 0.5) is 0 Å². The van der Waals surface area contributed by atoms with Crippen molar-refractivity contribution in [3.63, 3.8) is 0 Å². The predicted molar refractivity (Wildman–Crippen MR) is 88.1 cm³/mol. The van der Waals surface area contributed by atoms with Crippen molar-refractivity contribution in [3.05, 3.63) is 59.7 Å². The van der Waals surface area contributed by atoms with Crippen LogP contribution in [0.1, 0.15) is 15.9 Å². The lowest BCUT2D eigenvalue weighted by Crippen LogP contribution is -2.43. The van der Waals surface area contributed by atoms with Crippen LogP contribution in [0.15, 0.2) is 48.5 Å². The zero-order valence-corrected chi connectivity index (χ0v) is 13.5. The highest BCUT2D eigenvalue weighted by molar-refractivity contribution is 5.96. The zero-order chi connectivity index (χ0) is 17.5. The number of ether oxygens (including phenoxy) is 2. The van der Waals surface area contributed by atoms with Gasteiger partial charge in [0.2, 0.25) is 0 Å². The molecule has 2 aromatic carbocycles. The molecule has 0 heterocycles. The van der Waals surface area contributed by atoms with Crippen molar-refractivity contribution in [3.8, 4) is 11.5 Å². The Morgan fingerprint density at radius 1 is 1.12 bits per heavy atom. The molecule has 6 nitrogen and oxygen atoms in total. The van der Waals surface area contributed by atoms with Gasteiger partial charge in [0.15, 0.2) is 0 Å². The summed E-state index contributed by atoms with van der Waals surface area (Å²) in [6.45, 7) is 0. The fourth-order valence-corrected chi connectivity index (χ4v) is 2.23. The number of amides is 1. The summed E-state index contributed by atoms with van der Waals surface area (Å²) >= 11 is 0. The molecule has 0 unspecified atom stereocenters. The molecular formula is C18H19NO5. The fraction of sp³-hybridized carbons (Fsp3) is 0.222. The Morgan fingerprint density at radius 2 is 1.83 bits per heavy atom. The van der Waals surface area contributed by atoms with Crippen LogP contribution < -0.4 is 10.1 Å². The lowest BCUT2D eigenvalue weighted by molar-refractivity contribution is -0.142. The molecule has 1 amide bonds. The number of methoxy groups -OCH3 is 2. The van der Waals surface area contributed by atoms with Gasteiger partial charge in [-0.2, -0.15) is 0 Å². The topological polar surface area (TPSA) is 84.9 Å². The number of phenolic OH excluding ortho intramolecular Hbond substituents is 1. The Bertz CT molecular complexity index is 712. The Morgan fingerprint density at radius 3 is 2.46 bits per heavy atom. The van der Waals surface area contributed by atoms with Gasteiger partial charge >= 0.3 is 5.97 Å². The van der Waals surface area contributed by atoms with E-state index in [9.17, 15) is 14.7 Å². The summed E-state index contributed by atoms with van der Waals surface area (Å²) in [6.07, 6.45) is 0.272. The molecule has 0 bridgehead atoms. The van der Waals surface area contributed by atoms with Gasteiger partial charge in [-0.15, -0.1) is 0 Å². The molecule has 126 valence electrons. The van der Waals surface area contributed by atoms with Crippen LogP contribution >= 0.6 is 0 Å². The molecule has 0 spiro atoms. The molecule has 0 radical (unpaired) electrons. The number of rotatable bonds is 6. The number of esters is 1. The summed E-state index contributed by atoms with van der Waals surface area (Å²) in [5.74, 6) is -0.230. The number of benzene rings is 2. The molecule has 0 aliphatic rings. The molecule has 0 saturated carbocycles. The van der Waals surface area contributed by atoms with Crippen molar-refractivity contribution in [1.82, 2.24) is 5.32 Å². The minimum Gasteiger partial charge on any atom is -0.508 e. The minimum atomic E-state index is -0.830. The van der Waals surface area contributed by atoms with Crippen molar-refractivity contribution >= 4 is 11.9 Å². The average Bonchev–Trinajstić information content (AvgIpc) is 2.61. The van der Waals surface area contributed by atoms with Gasteiger partial charge in [-0.25, -0.2) is 4.79 Å². The second-order valence-corrected chi connectivity index (χ2v) is 5.15. The fourth-order valence-electron chi connectivity index (χ4n) is 2.23. The first-order valence-corrected chi connectivity index (χ1v) is 7.34. The molecule has 2 rings (SSSR count). The number of carbonyl (C=O) groups excluding carboxylic acids is 2. The standard InChI is InChI=1S/C18H19NO5/c1-23-15-5-3-4-12(10-15)11-16(18(22)24-2)19-17(21)13-6-8-14(20)9-7-13/h3-10,16,20H,11H2,1-2H3,(H,19,21)/t16-/m0/s1. The highest BCUT2D eigenvalue weighted by Crippen LogP contribution is 2.15. The van der Waals surface area contributed by atoms with Gasteiger partial charge in [-0.1, -0.05) is 12.1 Å². The first-order chi connectivity index (χ1) is 11.5. The number of nitrogens with one attached hydrogen (secondary N) is 1. The molecule has 2 aromatic rings. The van der Waals surface area contributed by atoms with Crippen LogP contribution in [0.25, 0.3) is 0 Å². The van der Waals surface area contributed by atoms with E-state index in [-0.39, 0.29) is 12.2 Å². The lowest BCUT2D eigenvalue weighted by atomic mass is 10.0. The summed E-state index contributed by atoms with van der Waals surface area (Å²) in [7, 11) is 2.83. The van der Waals surface area contributed by atoms with Crippen LogP contribution in [0.5, 0.6) is 11.5 Å². The van der Waals surface area contributed by atoms with Crippen LogP contribution in [0, 0.1) is 0 Å². The number of hydrogen-bond donors (Lipinski definition) is 2. The third kappa shape index (κ3) is 4.49. The Labute approximate surface area is 140 Å². The van der Waals surface area contributed by atoms with Gasteiger partial charge in [-0.05, 0) is 42.0 Å². The largest absolute Gasteiger partial charge is 0.508 e. The van der Waals surface area contributed by atoms with Crippen molar-refractivity contribution < 1.29 is 24.2 Å². The molecule has 24 heavy (non-hydrogen) atoms. The zero-order valence-electron chi connectivity index (χ0n) is 13.5.